The third-order valence-electron chi connectivity index (χ3n) is 5.09. The van der Waals surface area contributed by atoms with E-state index in [1.54, 1.807) is 14.1 Å². The summed E-state index contributed by atoms with van der Waals surface area (Å²) < 4.78 is 7.02. The molecular weight excluding hydrogens is 547 g/mol. The number of furan rings is 1. The molecule has 1 fully saturated rings. The number of hydrogen-bond donors (Lipinski definition) is 2. The standard InChI is InChI=1S/C21H27BrN4O2.HI/c1-23-20(27)13-15-9-11-26(12-10-15)21(24-2)25-14-18-7-8-19(28-18)16-3-5-17(22)6-4-16;/h3-8,15H,9-14H2,1-2H3,(H,23,27)(H,24,25);1H. The molecule has 0 spiro atoms. The van der Waals surface area contributed by atoms with E-state index in [0.717, 1.165) is 53.4 Å². The second-order valence-electron chi connectivity index (χ2n) is 6.98. The summed E-state index contributed by atoms with van der Waals surface area (Å²) in [5.41, 5.74) is 1.05. The second kappa shape index (κ2) is 11.6. The number of aliphatic imine (C=N–C) groups is 1. The molecule has 29 heavy (non-hydrogen) atoms. The van der Waals surface area contributed by atoms with Crippen molar-refractivity contribution in [3.05, 3.63) is 46.6 Å². The van der Waals surface area contributed by atoms with E-state index in [0.29, 0.717) is 18.9 Å². The van der Waals surface area contributed by atoms with Crippen molar-refractivity contribution < 1.29 is 9.21 Å². The van der Waals surface area contributed by atoms with Crippen molar-refractivity contribution in [2.45, 2.75) is 25.8 Å². The van der Waals surface area contributed by atoms with E-state index in [2.05, 4.69) is 36.5 Å². The molecule has 0 aliphatic carbocycles. The van der Waals surface area contributed by atoms with Gasteiger partial charge in [0.2, 0.25) is 5.91 Å². The van der Waals surface area contributed by atoms with Crippen LogP contribution in [0.15, 0.2) is 50.3 Å². The molecule has 0 radical (unpaired) electrons. The smallest absolute Gasteiger partial charge is 0.220 e. The molecule has 3 rings (SSSR count). The molecular formula is C21H28BrIN4O2. The van der Waals surface area contributed by atoms with Gasteiger partial charge < -0.3 is 20.0 Å². The molecule has 1 saturated heterocycles. The second-order valence-corrected chi connectivity index (χ2v) is 7.90. The fraction of sp³-hybridized carbons (Fsp3) is 0.429. The van der Waals surface area contributed by atoms with Gasteiger partial charge in [-0.2, -0.15) is 0 Å². The average Bonchev–Trinajstić information content (AvgIpc) is 3.19. The summed E-state index contributed by atoms with van der Waals surface area (Å²) in [5.74, 6) is 3.18. The van der Waals surface area contributed by atoms with Crippen LogP contribution in [0.5, 0.6) is 0 Å². The predicted octanol–water partition coefficient (Wildman–Crippen LogP) is 4.25. The molecule has 1 amide bonds. The highest BCUT2D eigenvalue weighted by atomic mass is 127. The SMILES string of the molecule is CN=C(NCc1ccc(-c2ccc(Br)cc2)o1)N1CCC(CC(=O)NC)CC1.I. The van der Waals surface area contributed by atoms with Gasteiger partial charge in [0.25, 0.3) is 0 Å². The van der Waals surface area contributed by atoms with Gasteiger partial charge in [-0.3, -0.25) is 9.79 Å². The number of amides is 1. The van der Waals surface area contributed by atoms with Crippen molar-refractivity contribution in [2.75, 3.05) is 27.2 Å². The zero-order valence-electron chi connectivity index (χ0n) is 16.8. The molecule has 6 nitrogen and oxygen atoms in total. The molecule has 1 aromatic carbocycles. The van der Waals surface area contributed by atoms with E-state index < -0.39 is 0 Å². The Labute approximate surface area is 197 Å². The van der Waals surface area contributed by atoms with Gasteiger partial charge in [0.05, 0.1) is 6.54 Å². The van der Waals surface area contributed by atoms with Crippen LogP contribution in [0.4, 0.5) is 0 Å². The van der Waals surface area contributed by atoms with Crippen LogP contribution in [0.25, 0.3) is 11.3 Å². The third-order valence-corrected chi connectivity index (χ3v) is 5.62. The summed E-state index contributed by atoms with van der Waals surface area (Å²) in [5, 5.41) is 6.10. The minimum Gasteiger partial charge on any atom is -0.459 e. The Morgan fingerprint density at radius 1 is 1.21 bits per heavy atom. The van der Waals surface area contributed by atoms with Crippen LogP contribution in [0.1, 0.15) is 25.0 Å². The molecule has 0 bridgehead atoms. The van der Waals surface area contributed by atoms with Gasteiger partial charge in [0.1, 0.15) is 11.5 Å². The monoisotopic (exact) mass is 574 g/mol. The number of nitrogens with zero attached hydrogens (tertiary/aromatic N) is 2. The minimum absolute atomic E-state index is 0. The van der Waals surface area contributed by atoms with Crippen molar-refractivity contribution in [3.8, 4) is 11.3 Å². The lowest BCUT2D eigenvalue weighted by Crippen LogP contribution is -2.45. The molecule has 8 heteroatoms. The van der Waals surface area contributed by atoms with Crippen LogP contribution in [-0.4, -0.2) is 44.0 Å². The van der Waals surface area contributed by atoms with Gasteiger partial charge in [-0.1, -0.05) is 28.1 Å². The number of guanidine groups is 1. The Bertz CT molecular complexity index is 814. The molecule has 1 aromatic heterocycles. The molecule has 2 heterocycles. The maximum atomic E-state index is 11.6. The summed E-state index contributed by atoms with van der Waals surface area (Å²) in [6, 6.07) is 12.1. The number of likely N-dealkylation sites (tertiary alicyclic amines) is 1. The summed E-state index contributed by atoms with van der Waals surface area (Å²) >= 11 is 3.45. The van der Waals surface area contributed by atoms with Gasteiger partial charge in [0.15, 0.2) is 5.96 Å². The maximum Gasteiger partial charge on any atom is 0.220 e. The van der Waals surface area contributed by atoms with E-state index in [4.69, 9.17) is 4.42 Å². The topological polar surface area (TPSA) is 69.9 Å². The highest BCUT2D eigenvalue weighted by Crippen LogP contribution is 2.24. The highest BCUT2D eigenvalue weighted by molar-refractivity contribution is 14.0. The highest BCUT2D eigenvalue weighted by Gasteiger charge is 2.23. The van der Waals surface area contributed by atoms with Crippen LogP contribution in [0.2, 0.25) is 0 Å². The van der Waals surface area contributed by atoms with E-state index in [-0.39, 0.29) is 29.9 Å². The number of halogens is 2. The van der Waals surface area contributed by atoms with E-state index in [9.17, 15) is 4.79 Å². The zero-order valence-corrected chi connectivity index (χ0v) is 20.7. The lowest BCUT2D eigenvalue weighted by Gasteiger charge is -2.33. The van der Waals surface area contributed by atoms with Gasteiger partial charge in [0, 0.05) is 43.6 Å². The normalized spacial score (nSPS) is 15.0. The van der Waals surface area contributed by atoms with Gasteiger partial charge in [-0.25, -0.2) is 0 Å². The Balaban J connectivity index is 0.00000300. The van der Waals surface area contributed by atoms with Crippen molar-refractivity contribution in [1.29, 1.82) is 0 Å². The maximum absolute atomic E-state index is 11.6. The summed E-state index contributed by atoms with van der Waals surface area (Å²) in [7, 11) is 3.49. The summed E-state index contributed by atoms with van der Waals surface area (Å²) in [6.07, 6.45) is 2.62. The van der Waals surface area contributed by atoms with Crippen LogP contribution in [0.3, 0.4) is 0 Å². The predicted molar refractivity (Wildman–Crippen MR) is 130 cm³/mol. The Hall–Kier alpha value is -1.55. The first-order valence-corrected chi connectivity index (χ1v) is 10.4. The number of piperidine rings is 1. The van der Waals surface area contributed by atoms with Crippen molar-refractivity contribution in [2.24, 2.45) is 10.9 Å². The van der Waals surface area contributed by atoms with Gasteiger partial charge in [-0.05, 0) is 43.0 Å². The quantitative estimate of drug-likeness (QED) is 0.318. The summed E-state index contributed by atoms with van der Waals surface area (Å²) in [4.78, 5) is 18.2. The molecule has 0 atom stereocenters. The van der Waals surface area contributed by atoms with Crippen LogP contribution in [0, 0.1) is 5.92 Å². The molecule has 2 aromatic rings. The fourth-order valence-corrected chi connectivity index (χ4v) is 3.72. The van der Waals surface area contributed by atoms with Crippen molar-refractivity contribution in [1.82, 2.24) is 15.5 Å². The molecule has 1 aliphatic rings. The minimum atomic E-state index is 0. The number of carbonyl (C=O) groups excluding carboxylic acids is 1. The van der Waals surface area contributed by atoms with Crippen LogP contribution >= 0.6 is 39.9 Å². The van der Waals surface area contributed by atoms with E-state index in [1.165, 1.54) is 0 Å². The third kappa shape index (κ3) is 6.74. The van der Waals surface area contributed by atoms with E-state index in [1.807, 2.05) is 36.4 Å². The fourth-order valence-electron chi connectivity index (χ4n) is 3.45. The molecule has 158 valence electrons. The lowest BCUT2D eigenvalue weighted by molar-refractivity contribution is -0.121. The van der Waals surface area contributed by atoms with Crippen molar-refractivity contribution >= 4 is 51.8 Å². The first-order chi connectivity index (χ1) is 13.6. The van der Waals surface area contributed by atoms with Crippen LogP contribution < -0.4 is 10.6 Å². The van der Waals surface area contributed by atoms with Gasteiger partial charge >= 0.3 is 0 Å². The molecule has 0 unspecified atom stereocenters. The molecule has 2 N–H and O–H groups in total. The largest absolute Gasteiger partial charge is 0.459 e. The number of nitrogens with one attached hydrogen (secondary N) is 2. The number of rotatable bonds is 5. The molecule has 0 saturated carbocycles. The lowest BCUT2D eigenvalue weighted by atomic mass is 9.93. The Morgan fingerprint density at radius 2 is 1.90 bits per heavy atom. The first kappa shape index (κ1) is 23.7. The molecule has 1 aliphatic heterocycles. The first-order valence-electron chi connectivity index (χ1n) is 9.60. The Kier molecular flexibility index (Phi) is 9.48. The van der Waals surface area contributed by atoms with Crippen molar-refractivity contribution in [3.63, 3.8) is 0 Å². The number of benzene rings is 1. The zero-order chi connectivity index (χ0) is 19.9. The average molecular weight is 575 g/mol. The number of carbonyl (C=O) groups is 1. The van der Waals surface area contributed by atoms with E-state index >= 15 is 0 Å². The summed E-state index contributed by atoms with van der Waals surface area (Å²) in [6.45, 7) is 2.40. The Morgan fingerprint density at radius 3 is 2.52 bits per heavy atom. The van der Waals surface area contributed by atoms with Gasteiger partial charge in [-0.15, -0.1) is 24.0 Å². The number of hydrogen-bond acceptors (Lipinski definition) is 3. The van der Waals surface area contributed by atoms with Crippen LogP contribution in [-0.2, 0) is 11.3 Å².